The molecule has 2 heterocycles. The zero-order chi connectivity index (χ0) is 18.7. The monoisotopic (exact) mass is 383 g/mol. The van der Waals surface area contributed by atoms with Gasteiger partial charge in [0.1, 0.15) is 5.69 Å². The first-order valence-electron chi connectivity index (χ1n) is 7.19. The smallest absolute Gasteiger partial charge is 0.355 e. The van der Waals surface area contributed by atoms with Crippen molar-refractivity contribution < 1.29 is 19.1 Å². The van der Waals surface area contributed by atoms with Crippen molar-refractivity contribution in [1.82, 2.24) is 9.55 Å². The molecular formula is C16H15Cl2N3O4. The van der Waals surface area contributed by atoms with Gasteiger partial charge in [0.25, 0.3) is 5.91 Å². The summed E-state index contributed by atoms with van der Waals surface area (Å²) in [5.74, 6) is -1.40. The first kappa shape index (κ1) is 19.0. The Morgan fingerprint density at radius 3 is 2.52 bits per heavy atom. The van der Waals surface area contributed by atoms with Gasteiger partial charge in [-0.3, -0.25) is 9.59 Å². The number of carbonyl (C=O) groups is 3. The van der Waals surface area contributed by atoms with Crippen LogP contribution in [0.3, 0.4) is 0 Å². The van der Waals surface area contributed by atoms with Gasteiger partial charge < -0.3 is 14.6 Å². The van der Waals surface area contributed by atoms with E-state index in [1.807, 2.05) is 0 Å². The fourth-order valence-corrected chi connectivity index (χ4v) is 2.39. The lowest BCUT2D eigenvalue weighted by molar-refractivity contribution is -0.123. The third-order valence-corrected chi connectivity index (χ3v) is 3.82. The zero-order valence-corrected chi connectivity index (χ0v) is 15.2. The molecule has 2 rings (SSSR count). The highest BCUT2D eigenvalue weighted by Gasteiger charge is 2.22. The van der Waals surface area contributed by atoms with Crippen molar-refractivity contribution in [3.8, 4) is 0 Å². The molecule has 0 radical (unpaired) electrons. The van der Waals surface area contributed by atoms with Crippen LogP contribution in [0.1, 0.15) is 34.7 Å². The third kappa shape index (κ3) is 4.58. The molecule has 1 N–H and O–H groups in total. The second-order valence-corrected chi connectivity index (χ2v) is 6.15. The number of halogens is 2. The number of nitrogens with zero attached hydrogens (tertiary/aromatic N) is 2. The maximum absolute atomic E-state index is 12.2. The van der Waals surface area contributed by atoms with Gasteiger partial charge in [-0.15, -0.1) is 0 Å². The molecule has 0 aromatic carbocycles. The Morgan fingerprint density at radius 2 is 1.96 bits per heavy atom. The number of Topliss-reactive ketones (excluding diaryl/α,β-unsaturated/α-hetero) is 1. The lowest BCUT2D eigenvalue weighted by atomic mass is 10.2. The van der Waals surface area contributed by atoms with Gasteiger partial charge >= 0.3 is 5.97 Å². The quantitative estimate of drug-likeness (QED) is 0.632. The minimum Gasteiger partial charge on any atom is -0.448 e. The molecule has 25 heavy (non-hydrogen) atoms. The number of hydrogen-bond acceptors (Lipinski definition) is 5. The first-order valence-corrected chi connectivity index (χ1v) is 7.94. The van der Waals surface area contributed by atoms with E-state index in [1.54, 1.807) is 7.05 Å². The van der Waals surface area contributed by atoms with Gasteiger partial charge in [-0.1, -0.05) is 23.2 Å². The van der Waals surface area contributed by atoms with E-state index in [0.717, 1.165) is 0 Å². The zero-order valence-electron chi connectivity index (χ0n) is 13.7. The molecule has 0 unspecified atom stereocenters. The maximum atomic E-state index is 12.2. The van der Waals surface area contributed by atoms with Gasteiger partial charge in [-0.2, -0.15) is 0 Å². The molecule has 0 spiro atoms. The van der Waals surface area contributed by atoms with Crippen molar-refractivity contribution in [1.29, 1.82) is 0 Å². The highest BCUT2D eigenvalue weighted by atomic mass is 35.5. The molecule has 2 aromatic rings. The van der Waals surface area contributed by atoms with E-state index in [4.69, 9.17) is 27.9 Å². The van der Waals surface area contributed by atoms with Crippen LogP contribution in [0.25, 0.3) is 0 Å². The fraction of sp³-hybridized carbons (Fsp3) is 0.250. The van der Waals surface area contributed by atoms with Crippen molar-refractivity contribution in [2.75, 3.05) is 5.32 Å². The summed E-state index contributed by atoms with van der Waals surface area (Å²) in [5, 5.41) is 2.94. The van der Waals surface area contributed by atoms with Gasteiger partial charge in [0.05, 0.1) is 10.0 Å². The van der Waals surface area contributed by atoms with Crippen molar-refractivity contribution >= 4 is 46.7 Å². The minimum atomic E-state index is -1.10. The largest absolute Gasteiger partial charge is 0.448 e. The molecule has 0 aliphatic heterocycles. The van der Waals surface area contributed by atoms with Crippen molar-refractivity contribution in [3.05, 3.63) is 45.8 Å². The molecule has 2 aromatic heterocycles. The highest BCUT2D eigenvalue weighted by molar-refractivity contribution is 6.36. The van der Waals surface area contributed by atoms with E-state index in [9.17, 15) is 14.4 Å². The molecule has 0 aliphatic carbocycles. The number of rotatable bonds is 5. The number of aromatic nitrogens is 2. The maximum Gasteiger partial charge on any atom is 0.355 e. The van der Waals surface area contributed by atoms with Crippen LogP contribution in [0.4, 0.5) is 5.82 Å². The van der Waals surface area contributed by atoms with Crippen LogP contribution in [0.5, 0.6) is 0 Å². The standard InChI is InChI=1S/C16H15Cl2N3O4/c1-8(22)10-4-13(21(3)7-10)16(24)25-9(2)15(23)20-14-12(18)5-11(17)6-19-14/h4-7,9H,1-3H3,(H,19,20,23)/t9-/m1/s1. The lowest BCUT2D eigenvalue weighted by Crippen LogP contribution is -2.30. The number of esters is 1. The number of carbonyl (C=O) groups excluding carboxylic acids is 3. The molecule has 1 amide bonds. The van der Waals surface area contributed by atoms with E-state index in [2.05, 4.69) is 10.3 Å². The first-order chi connectivity index (χ1) is 11.7. The van der Waals surface area contributed by atoms with E-state index in [-0.39, 0.29) is 22.3 Å². The summed E-state index contributed by atoms with van der Waals surface area (Å²) in [4.78, 5) is 39.6. The van der Waals surface area contributed by atoms with Crippen LogP contribution in [-0.4, -0.2) is 33.3 Å². The molecule has 0 saturated carbocycles. The van der Waals surface area contributed by atoms with E-state index >= 15 is 0 Å². The molecule has 132 valence electrons. The van der Waals surface area contributed by atoms with Gasteiger partial charge in [0.15, 0.2) is 17.7 Å². The Morgan fingerprint density at radius 1 is 1.28 bits per heavy atom. The second-order valence-electron chi connectivity index (χ2n) is 5.30. The van der Waals surface area contributed by atoms with Crippen LogP contribution in [-0.2, 0) is 16.6 Å². The van der Waals surface area contributed by atoms with Crippen molar-refractivity contribution in [2.24, 2.45) is 7.05 Å². The average molecular weight is 384 g/mol. The highest BCUT2D eigenvalue weighted by Crippen LogP contribution is 2.22. The van der Waals surface area contributed by atoms with Crippen molar-refractivity contribution in [3.63, 3.8) is 0 Å². The number of hydrogen-bond donors (Lipinski definition) is 1. The molecule has 0 saturated heterocycles. The molecule has 7 nitrogen and oxygen atoms in total. The average Bonchev–Trinajstić information content (AvgIpc) is 2.92. The molecule has 9 heteroatoms. The number of ketones is 1. The second kappa shape index (κ2) is 7.67. The number of anilines is 1. The minimum absolute atomic E-state index is 0.108. The summed E-state index contributed by atoms with van der Waals surface area (Å²) in [6, 6.07) is 2.84. The Bertz CT molecular complexity index is 848. The topological polar surface area (TPSA) is 90.3 Å². The summed E-state index contributed by atoms with van der Waals surface area (Å²) in [7, 11) is 1.60. The van der Waals surface area contributed by atoms with Gasteiger partial charge in [0.2, 0.25) is 0 Å². The van der Waals surface area contributed by atoms with Crippen LogP contribution < -0.4 is 5.32 Å². The third-order valence-electron chi connectivity index (χ3n) is 3.32. The summed E-state index contributed by atoms with van der Waals surface area (Å²) >= 11 is 11.7. The lowest BCUT2D eigenvalue weighted by Gasteiger charge is -2.14. The summed E-state index contributed by atoms with van der Waals surface area (Å²) < 4.78 is 6.59. The van der Waals surface area contributed by atoms with Crippen LogP contribution >= 0.6 is 23.2 Å². The van der Waals surface area contributed by atoms with Gasteiger partial charge in [-0.05, 0) is 26.0 Å². The van der Waals surface area contributed by atoms with E-state index < -0.39 is 18.0 Å². The van der Waals surface area contributed by atoms with Crippen LogP contribution in [0.15, 0.2) is 24.5 Å². The summed E-state index contributed by atoms with van der Waals surface area (Å²) in [6.07, 6.45) is 1.74. The molecule has 0 bridgehead atoms. The molecule has 0 fully saturated rings. The van der Waals surface area contributed by atoms with Gasteiger partial charge in [0, 0.05) is 25.0 Å². The number of ether oxygens (including phenoxy) is 1. The van der Waals surface area contributed by atoms with Crippen LogP contribution in [0, 0.1) is 0 Å². The number of amides is 1. The Kier molecular flexibility index (Phi) is 5.81. The predicted octanol–water partition coefficient (Wildman–Crippen LogP) is 3.11. The normalized spacial score (nSPS) is 11.7. The van der Waals surface area contributed by atoms with Crippen molar-refractivity contribution in [2.45, 2.75) is 20.0 Å². The van der Waals surface area contributed by atoms with Crippen LogP contribution in [0.2, 0.25) is 10.0 Å². The molecule has 1 atom stereocenters. The van der Waals surface area contributed by atoms with Gasteiger partial charge in [-0.25, -0.2) is 9.78 Å². The Hall–Kier alpha value is -2.38. The molecule has 0 aliphatic rings. The SMILES string of the molecule is CC(=O)c1cc(C(=O)O[C@H](C)C(=O)Nc2ncc(Cl)cc2Cl)n(C)c1. The van der Waals surface area contributed by atoms with E-state index in [0.29, 0.717) is 10.6 Å². The number of aryl methyl sites for hydroxylation is 1. The number of nitrogens with one attached hydrogen (secondary N) is 1. The van der Waals surface area contributed by atoms with E-state index in [1.165, 1.54) is 42.9 Å². The molecular weight excluding hydrogens is 369 g/mol. The summed E-state index contributed by atoms with van der Waals surface area (Å²) in [5.41, 5.74) is 0.538. The number of pyridine rings is 1. The predicted molar refractivity (Wildman–Crippen MR) is 93.2 cm³/mol. The Labute approximate surface area is 153 Å². The fourth-order valence-electron chi connectivity index (χ4n) is 1.96. The Balaban J connectivity index is 2.05. The summed E-state index contributed by atoms with van der Waals surface area (Å²) in [6.45, 7) is 2.80.